The van der Waals surface area contributed by atoms with Gasteiger partial charge < -0.3 is 4.74 Å². The number of rotatable bonds is 6. The van der Waals surface area contributed by atoms with Crippen molar-refractivity contribution < 1.29 is 14.3 Å². The number of ketones is 2. The summed E-state index contributed by atoms with van der Waals surface area (Å²) in [5.41, 5.74) is 0.182. The number of Topliss-reactive ketones (excluding diaryl/α,β-unsaturated/α-hetero) is 2. The average Bonchev–Trinajstić information content (AvgIpc) is 2.17. The molecule has 0 N–H and O–H groups in total. The number of carbonyl (C=O) groups excluding carboxylic acids is 2. The fourth-order valence-electron chi connectivity index (χ4n) is 1.03. The SMILES string of the molecule is CCOC=C(C(=O)C(C)C)C(=O)C(C)C. The summed E-state index contributed by atoms with van der Waals surface area (Å²) in [5.74, 6) is -0.664. The van der Waals surface area contributed by atoms with Crippen LogP contribution in [-0.4, -0.2) is 18.2 Å². The van der Waals surface area contributed by atoms with Crippen molar-refractivity contribution in [2.45, 2.75) is 34.6 Å². The average molecular weight is 212 g/mol. The topological polar surface area (TPSA) is 43.4 Å². The summed E-state index contributed by atoms with van der Waals surface area (Å²) >= 11 is 0. The summed E-state index contributed by atoms with van der Waals surface area (Å²) < 4.78 is 5.03. The molecule has 0 atom stereocenters. The van der Waals surface area contributed by atoms with Crippen LogP contribution in [0.5, 0.6) is 0 Å². The molecule has 0 rings (SSSR count). The molecule has 0 amide bonds. The maximum absolute atomic E-state index is 11.7. The van der Waals surface area contributed by atoms with Gasteiger partial charge in [0.25, 0.3) is 0 Å². The Labute approximate surface area is 91.5 Å². The Morgan fingerprint density at radius 1 is 1.07 bits per heavy atom. The number of hydrogen-bond acceptors (Lipinski definition) is 3. The molecule has 0 heterocycles. The lowest BCUT2D eigenvalue weighted by molar-refractivity contribution is -0.124. The molecular weight excluding hydrogens is 192 g/mol. The minimum absolute atomic E-state index is 0.151. The number of hydrogen-bond donors (Lipinski definition) is 0. The van der Waals surface area contributed by atoms with Crippen molar-refractivity contribution in [3.05, 3.63) is 11.8 Å². The number of carbonyl (C=O) groups is 2. The summed E-state index contributed by atoms with van der Waals surface area (Å²) in [6.45, 7) is 9.37. The third-order valence-corrected chi connectivity index (χ3v) is 1.95. The van der Waals surface area contributed by atoms with E-state index in [-0.39, 0.29) is 29.0 Å². The molecule has 15 heavy (non-hydrogen) atoms. The minimum atomic E-state index is -0.181. The van der Waals surface area contributed by atoms with Crippen LogP contribution in [0.3, 0.4) is 0 Å². The first-order valence-corrected chi connectivity index (χ1v) is 5.32. The van der Waals surface area contributed by atoms with E-state index in [9.17, 15) is 9.59 Å². The van der Waals surface area contributed by atoms with Crippen LogP contribution in [0.1, 0.15) is 34.6 Å². The Morgan fingerprint density at radius 3 is 1.73 bits per heavy atom. The largest absolute Gasteiger partial charge is 0.501 e. The highest BCUT2D eigenvalue weighted by Crippen LogP contribution is 2.12. The zero-order chi connectivity index (χ0) is 12.0. The minimum Gasteiger partial charge on any atom is -0.501 e. The highest BCUT2D eigenvalue weighted by molar-refractivity contribution is 6.20. The van der Waals surface area contributed by atoms with Crippen molar-refractivity contribution in [1.29, 1.82) is 0 Å². The van der Waals surface area contributed by atoms with Gasteiger partial charge in [-0.2, -0.15) is 0 Å². The second-order valence-corrected chi connectivity index (χ2v) is 4.02. The monoisotopic (exact) mass is 212 g/mol. The van der Waals surface area contributed by atoms with E-state index in [1.54, 1.807) is 27.7 Å². The van der Waals surface area contributed by atoms with Gasteiger partial charge in [0.15, 0.2) is 11.6 Å². The maximum Gasteiger partial charge on any atom is 0.172 e. The molecule has 0 aromatic heterocycles. The van der Waals surface area contributed by atoms with E-state index in [1.165, 1.54) is 6.26 Å². The molecule has 0 saturated heterocycles. The summed E-state index contributed by atoms with van der Waals surface area (Å²) in [4.78, 5) is 23.5. The summed E-state index contributed by atoms with van der Waals surface area (Å²) in [6, 6.07) is 0. The molecule has 0 aliphatic rings. The molecule has 0 saturated carbocycles. The van der Waals surface area contributed by atoms with Gasteiger partial charge >= 0.3 is 0 Å². The van der Waals surface area contributed by atoms with Crippen molar-refractivity contribution in [3.63, 3.8) is 0 Å². The van der Waals surface area contributed by atoms with E-state index in [2.05, 4.69) is 0 Å². The van der Waals surface area contributed by atoms with E-state index in [0.717, 1.165) is 0 Å². The van der Waals surface area contributed by atoms with Gasteiger partial charge in [-0.3, -0.25) is 9.59 Å². The van der Waals surface area contributed by atoms with Gasteiger partial charge in [0, 0.05) is 11.8 Å². The highest BCUT2D eigenvalue weighted by atomic mass is 16.5. The smallest absolute Gasteiger partial charge is 0.172 e. The van der Waals surface area contributed by atoms with Crippen LogP contribution in [0.2, 0.25) is 0 Å². The predicted octanol–water partition coefficient (Wildman–Crippen LogP) is 2.36. The van der Waals surface area contributed by atoms with Crippen LogP contribution in [0.4, 0.5) is 0 Å². The van der Waals surface area contributed by atoms with Gasteiger partial charge in [-0.05, 0) is 6.92 Å². The van der Waals surface area contributed by atoms with E-state index < -0.39 is 0 Å². The zero-order valence-corrected chi connectivity index (χ0v) is 10.2. The second-order valence-electron chi connectivity index (χ2n) is 4.02. The Kier molecular flexibility index (Phi) is 5.90. The molecule has 3 heteroatoms. The number of ether oxygens (including phenoxy) is 1. The van der Waals surface area contributed by atoms with Crippen LogP contribution in [0.25, 0.3) is 0 Å². The molecule has 0 fully saturated rings. The molecule has 0 radical (unpaired) electrons. The van der Waals surface area contributed by atoms with Gasteiger partial charge in [0.2, 0.25) is 0 Å². The molecule has 0 aliphatic carbocycles. The quantitative estimate of drug-likeness (QED) is 0.294. The maximum atomic E-state index is 11.7. The van der Waals surface area contributed by atoms with Crippen molar-refractivity contribution in [2.24, 2.45) is 11.8 Å². The van der Waals surface area contributed by atoms with Crippen LogP contribution in [0, 0.1) is 11.8 Å². The van der Waals surface area contributed by atoms with Gasteiger partial charge in [-0.1, -0.05) is 27.7 Å². The second kappa shape index (κ2) is 6.38. The Balaban J connectivity index is 4.90. The van der Waals surface area contributed by atoms with Crippen molar-refractivity contribution in [3.8, 4) is 0 Å². The van der Waals surface area contributed by atoms with Crippen LogP contribution < -0.4 is 0 Å². The standard InChI is InChI=1S/C12H20O3/c1-6-15-7-10(11(13)8(2)3)12(14)9(4)5/h7-9H,6H2,1-5H3. The number of allylic oxidation sites excluding steroid dienone is 1. The van der Waals surface area contributed by atoms with Crippen LogP contribution in [-0.2, 0) is 14.3 Å². The summed E-state index contributed by atoms with van der Waals surface area (Å²) in [6.07, 6.45) is 1.30. The molecule has 0 unspecified atom stereocenters. The summed E-state index contributed by atoms with van der Waals surface area (Å²) in [5, 5.41) is 0. The summed E-state index contributed by atoms with van der Waals surface area (Å²) in [7, 11) is 0. The molecule has 3 nitrogen and oxygen atoms in total. The van der Waals surface area contributed by atoms with E-state index >= 15 is 0 Å². The molecule has 0 aromatic rings. The van der Waals surface area contributed by atoms with Crippen molar-refractivity contribution >= 4 is 11.6 Å². The van der Waals surface area contributed by atoms with Gasteiger partial charge in [-0.15, -0.1) is 0 Å². The Morgan fingerprint density at radius 2 is 1.47 bits per heavy atom. The van der Waals surface area contributed by atoms with Crippen molar-refractivity contribution in [2.75, 3.05) is 6.61 Å². The van der Waals surface area contributed by atoms with Crippen LogP contribution in [0.15, 0.2) is 11.8 Å². The van der Waals surface area contributed by atoms with Gasteiger partial charge in [0.1, 0.15) is 0 Å². The molecule has 0 spiro atoms. The van der Waals surface area contributed by atoms with Gasteiger partial charge in [0.05, 0.1) is 18.4 Å². The lowest BCUT2D eigenvalue weighted by Gasteiger charge is -2.10. The van der Waals surface area contributed by atoms with E-state index in [0.29, 0.717) is 6.61 Å². The molecule has 0 bridgehead atoms. The molecule has 0 aromatic carbocycles. The first kappa shape index (κ1) is 13.9. The van der Waals surface area contributed by atoms with Crippen LogP contribution >= 0.6 is 0 Å². The third-order valence-electron chi connectivity index (χ3n) is 1.95. The fraction of sp³-hybridized carbons (Fsp3) is 0.667. The van der Waals surface area contributed by atoms with Gasteiger partial charge in [-0.25, -0.2) is 0 Å². The molecular formula is C12H20O3. The lowest BCUT2D eigenvalue weighted by Crippen LogP contribution is -2.21. The third kappa shape index (κ3) is 4.28. The molecule has 0 aliphatic heterocycles. The first-order chi connectivity index (χ1) is 6.91. The van der Waals surface area contributed by atoms with E-state index in [4.69, 9.17) is 4.74 Å². The normalized spacial score (nSPS) is 10.3. The fourth-order valence-corrected chi connectivity index (χ4v) is 1.03. The highest BCUT2D eigenvalue weighted by Gasteiger charge is 2.23. The molecule has 86 valence electrons. The van der Waals surface area contributed by atoms with E-state index in [1.807, 2.05) is 6.92 Å². The van der Waals surface area contributed by atoms with Crippen molar-refractivity contribution in [1.82, 2.24) is 0 Å². The predicted molar refractivity (Wildman–Crippen MR) is 59.4 cm³/mol. The first-order valence-electron chi connectivity index (χ1n) is 5.32. The Hall–Kier alpha value is -1.12. The zero-order valence-electron chi connectivity index (χ0n) is 10.2. The Bertz CT molecular complexity index is 240. The lowest BCUT2D eigenvalue weighted by atomic mass is 9.93.